The van der Waals surface area contributed by atoms with E-state index in [9.17, 15) is 17.6 Å². The van der Waals surface area contributed by atoms with Crippen LogP contribution >= 0.6 is 0 Å². The third kappa shape index (κ3) is 5.20. The van der Waals surface area contributed by atoms with Gasteiger partial charge in [0.25, 0.3) is 5.91 Å². The standard InChI is InChI=1S/C24H30FN3O4S/c1-2-18-6-7-19(16-23(18)33(30,31)28-12-14-32-15-13-28)24(29)26-21-17-20(25)8-9-22(21)27-10-4-3-5-11-27/h6-9,16-17H,2-5,10-15H2,1H3,(H,26,29). The number of nitrogens with zero attached hydrogens (tertiary/aromatic N) is 2. The van der Waals surface area contributed by atoms with E-state index in [-0.39, 0.29) is 23.5 Å². The molecule has 0 bridgehead atoms. The Labute approximate surface area is 194 Å². The quantitative estimate of drug-likeness (QED) is 0.690. The number of sulfonamides is 1. The molecule has 0 saturated carbocycles. The second-order valence-corrected chi connectivity index (χ2v) is 10.3. The number of ether oxygens (including phenoxy) is 1. The van der Waals surface area contributed by atoms with E-state index in [0.29, 0.717) is 30.9 Å². The van der Waals surface area contributed by atoms with Gasteiger partial charge < -0.3 is 15.0 Å². The lowest BCUT2D eigenvalue weighted by molar-refractivity contribution is 0.0730. The third-order valence-corrected chi connectivity index (χ3v) is 8.18. The summed E-state index contributed by atoms with van der Waals surface area (Å²) in [6.07, 6.45) is 3.77. The Morgan fingerprint density at radius 2 is 1.76 bits per heavy atom. The fourth-order valence-corrected chi connectivity index (χ4v) is 6.10. The van der Waals surface area contributed by atoms with Gasteiger partial charge in [-0.05, 0) is 61.6 Å². The molecule has 2 aliphatic rings. The molecule has 2 saturated heterocycles. The van der Waals surface area contributed by atoms with Crippen LogP contribution in [0.15, 0.2) is 41.3 Å². The summed E-state index contributed by atoms with van der Waals surface area (Å²) in [7, 11) is -3.76. The minimum atomic E-state index is -3.76. The van der Waals surface area contributed by atoms with Gasteiger partial charge >= 0.3 is 0 Å². The third-order valence-electron chi connectivity index (χ3n) is 6.20. The van der Waals surface area contributed by atoms with Crippen LogP contribution in [0.5, 0.6) is 0 Å². The molecule has 2 aliphatic heterocycles. The number of carbonyl (C=O) groups is 1. The number of carbonyl (C=O) groups excluding carboxylic acids is 1. The second kappa shape index (κ2) is 10.2. The zero-order valence-electron chi connectivity index (χ0n) is 18.8. The second-order valence-electron chi connectivity index (χ2n) is 8.36. The summed E-state index contributed by atoms with van der Waals surface area (Å²) in [4.78, 5) is 15.4. The van der Waals surface area contributed by atoms with E-state index in [0.717, 1.165) is 38.0 Å². The van der Waals surface area contributed by atoms with Crippen LogP contribution < -0.4 is 10.2 Å². The molecule has 2 aromatic rings. The highest BCUT2D eigenvalue weighted by Crippen LogP contribution is 2.30. The molecular weight excluding hydrogens is 445 g/mol. The van der Waals surface area contributed by atoms with Gasteiger partial charge in [-0.2, -0.15) is 4.31 Å². The van der Waals surface area contributed by atoms with Crippen molar-refractivity contribution in [2.75, 3.05) is 49.6 Å². The molecule has 1 amide bonds. The van der Waals surface area contributed by atoms with E-state index in [1.807, 2.05) is 6.92 Å². The number of morpholine rings is 1. The first-order valence-corrected chi connectivity index (χ1v) is 12.9. The van der Waals surface area contributed by atoms with E-state index in [2.05, 4.69) is 10.2 Å². The zero-order chi connectivity index (χ0) is 23.4. The number of hydrogen-bond donors (Lipinski definition) is 1. The lowest BCUT2D eigenvalue weighted by atomic mass is 10.1. The van der Waals surface area contributed by atoms with Crippen LogP contribution in [0.3, 0.4) is 0 Å². The minimum Gasteiger partial charge on any atom is -0.379 e. The van der Waals surface area contributed by atoms with Crippen LogP contribution in [-0.4, -0.2) is 58.0 Å². The minimum absolute atomic E-state index is 0.134. The zero-order valence-corrected chi connectivity index (χ0v) is 19.7. The first kappa shape index (κ1) is 23.7. The van der Waals surface area contributed by atoms with Crippen molar-refractivity contribution in [2.24, 2.45) is 0 Å². The molecular formula is C24H30FN3O4S. The van der Waals surface area contributed by atoms with Crippen LogP contribution in [0.1, 0.15) is 42.1 Å². The number of halogens is 1. The molecule has 0 spiro atoms. The Balaban J connectivity index is 1.63. The lowest BCUT2D eigenvalue weighted by Crippen LogP contribution is -2.41. The number of nitrogens with one attached hydrogen (secondary N) is 1. The van der Waals surface area contributed by atoms with Crippen molar-refractivity contribution in [3.8, 4) is 0 Å². The molecule has 2 fully saturated rings. The summed E-state index contributed by atoms with van der Waals surface area (Å²) in [6, 6.07) is 9.12. The van der Waals surface area contributed by atoms with Gasteiger partial charge in [-0.15, -0.1) is 0 Å². The number of piperidine rings is 1. The van der Waals surface area contributed by atoms with Crippen molar-refractivity contribution in [2.45, 2.75) is 37.5 Å². The van der Waals surface area contributed by atoms with Crippen LogP contribution in [0.2, 0.25) is 0 Å². The fraction of sp³-hybridized carbons (Fsp3) is 0.458. The number of aryl methyl sites for hydroxylation is 1. The Morgan fingerprint density at radius 3 is 2.45 bits per heavy atom. The van der Waals surface area contributed by atoms with Crippen molar-refractivity contribution < 1.29 is 22.3 Å². The maximum absolute atomic E-state index is 14.0. The lowest BCUT2D eigenvalue weighted by Gasteiger charge is -2.30. The van der Waals surface area contributed by atoms with Crippen molar-refractivity contribution >= 4 is 27.3 Å². The first-order valence-electron chi connectivity index (χ1n) is 11.5. The van der Waals surface area contributed by atoms with E-state index in [1.54, 1.807) is 18.2 Å². The molecule has 2 heterocycles. The molecule has 9 heteroatoms. The van der Waals surface area contributed by atoms with Gasteiger partial charge in [-0.25, -0.2) is 12.8 Å². The van der Waals surface area contributed by atoms with Crippen LogP contribution in [0, 0.1) is 5.82 Å². The van der Waals surface area contributed by atoms with Gasteiger partial charge in [0.1, 0.15) is 5.82 Å². The molecule has 0 aromatic heterocycles. The summed E-state index contributed by atoms with van der Waals surface area (Å²) in [6.45, 7) is 4.84. The van der Waals surface area contributed by atoms with E-state index in [1.165, 1.54) is 22.5 Å². The number of hydrogen-bond acceptors (Lipinski definition) is 5. The van der Waals surface area contributed by atoms with Gasteiger partial charge in [-0.3, -0.25) is 4.79 Å². The molecule has 2 aromatic carbocycles. The largest absolute Gasteiger partial charge is 0.379 e. The van der Waals surface area contributed by atoms with Gasteiger partial charge in [0.05, 0.1) is 29.5 Å². The van der Waals surface area contributed by atoms with E-state index in [4.69, 9.17) is 4.74 Å². The highest BCUT2D eigenvalue weighted by Gasteiger charge is 2.29. The summed E-state index contributed by atoms with van der Waals surface area (Å²) in [5, 5.41) is 2.81. The molecule has 33 heavy (non-hydrogen) atoms. The molecule has 4 rings (SSSR count). The highest BCUT2D eigenvalue weighted by molar-refractivity contribution is 7.89. The topological polar surface area (TPSA) is 79.0 Å². The summed E-state index contributed by atoms with van der Waals surface area (Å²) in [5.41, 5.74) is 2.03. The van der Waals surface area contributed by atoms with Crippen molar-refractivity contribution in [1.29, 1.82) is 0 Å². The van der Waals surface area contributed by atoms with Gasteiger partial charge in [0.15, 0.2) is 0 Å². The molecule has 1 N–H and O–H groups in total. The summed E-state index contributed by atoms with van der Waals surface area (Å²) < 4.78 is 47.3. The fourth-order valence-electron chi connectivity index (χ4n) is 4.37. The Morgan fingerprint density at radius 1 is 1.03 bits per heavy atom. The molecule has 7 nitrogen and oxygen atoms in total. The van der Waals surface area contributed by atoms with Gasteiger partial charge in [0.2, 0.25) is 10.0 Å². The molecule has 178 valence electrons. The monoisotopic (exact) mass is 475 g/mol. The van der Waals surface area contributed by atoms with Gasteiger partial charge in [-0.1, -0.05) is 13.0 Å². The Hall–Kier alpha value is -2.49. The average molecular weight is 476 g/mol. The average Bonchev–Trinajstić information content (AvgIpc) is 2.84. The predicted octanol–water partition coefficient (Wildman–Crippen LogP) is 3.65. The van der Waals surface area contributed by atoms with Crippen molar-refractivity contribution in [3.05, 3.63) is 53.3 Å². The summed E-state index contributed by atoms with van der Waals surface area (Å²) in [5.74, 6) is -0.914. The maximum atomic E-state index is 14.0. The van der Waals surface area contributed by atoms with Crippen LogP contribution in [0.4, 0.5) is 15.8 Å². The van der Waals surface area contributed by atoms with E-state index >= 15 is 0 Å². The SMILES string of the molecule is CCc1ccc(C(=O)Nc2cc(F)ccc2N2CCCCC2)cc1S(=O)(=O)N1CCOCC1. The first-order chi connectivity index (χ1) is 15.9. The van der Waals surface area contributed by atoms with Crippen molar-refractivity contribution in [1.82, 2.24) is 4.31 Å². The highest BCUT2D eigenvalue weighted by atomic mass is 32.2. The van der Waals surface area contributed by atoms with Crippen molar-refractivity contribution in [3.63, 3.8) is 0 Å². The maximum Gasteiger partial charge on any atom is 0.255 e. The normalized spacial score (nSPS) is 17.7. The summed E-state index contributed by atoms with van der Waals surface area (Å²) >= 11 is 0. The molecule has 0 atom stereocenters. The number of benzene rings is 2. The van der Waals surface area contributed by atoms with Gasteiger partial charge in [0, 0.05) is 31.7 Å². The number of anilines is 2. The number of rotatable bonds is 6. The molecule has 0 radical (unpaired) electrons. The Bertz CT molecular complexity index is 1110. The number of amides is 1. The predicted molar refractivity (Wildman–Crippen MR) is 126 cm³/mol. The van der Waals surface area contributed by atoms with Crippen LogP contribution in [-0.2, 0) is 21.2 Å². The smallest absolute Gasteiger partial charge is 0.255 e. The van der Waals surface area contributed by atoms with Crippen LogP contribution in [0.25, 0.3) is 0 Å². The molecule has 0 aliphatic carbocycles. The van der Waals surface area contributed by atoms with E-state index < -0.39 is 21.7 Å². The Kier molecular flexibility index (Phi) is 7.31. The molecule has 0 unspecified atom stereocenters.